The minimum absolute atomic E-state index is 0.285. The van der Waals surface area contributed by atoms with Gasteiger partial charge in [-0.2, -0.15) is 0 Å². The monoisotopic (exact) mass is 358 g/mol. The lowest BCUT2D eigenvalue weighted by Crippen LogP contribution is -2.43. The number of hydrogen-bond donors (Lipinski definition) is 3. The van der Waals surface area contributed by atoms with Gasteiger partial charge in [0.25, 0.3) is 0 Å². The summed E-state index contributed by atoms with van der Waals surface area (Å²) in [4.78, 5) is 18.4. The molecule has 6 heteroatoms. The Morgan fingerprint density at radius 3 is 2.52 bits per heavy atom. The summed E-state index contributed by atoms with van der Waals surface area (Å²) < 4.78 is 0. The fraction of sp³-hybridized carbons (Fsp3) is 0.368. The summed E-state index contributed by atoms with van der Waals surface area (Å²) in [5.74, 6) is 0.380. The second kappa shape index (κ2) is 9.22. The first-order valence-electron chi connectivity index (χ1n) is 8.46. The highest BCUT2D eigenvalue weighted by Crippen LogP contribution is 2.16. The summed E-state index contributed by atoms with van der Waals surface area (Å²) in [5.41, 5.74) is 6.80. The number of aryl methyl sites for hydroxylation is 1. The second-order valence-corrected chi connectivity index (χ2v) is 7.39. The molecule has 0 saturated heterocycles. The third-order valence-corrected chi connectivity index (χ3v) is 4.71. The average Bonchev–Trinajstić information content (AvgIpc) is 2.98. The van der Waals surface area contributed by atoms with Crippen LogP contribution in [0.4, 0.5) is 0 Å². The largest absolute Gasteiger partial charge is 0.366 e. The van der Waals surface area contributed by atoms with Gasteiger partial charge in [0.2, 0.25) is 5.91 Å². The quantitative estimate of drug-likeness (QED) is 0.526. The lowest BCUT2D eigenvalue weighted by Gasteiger charge is -2.17. The molecule has 1 amide bonds. The van der Waals surface area contributed by atoms with Crippen LogP contribution in [0.3, 0.4) is 0 Å². The van der Waals surface area contributed by atoms with E-state index in [2.05, 4.69) is 41.6 Å². The van der Waals surface area contributed by atoms with E-state index in [0.717, 1.165) is 24.5 Å². The molecule has 0 saturated carbocycles. The molecule has 0 radical (unpaired) electrons. The Balaban J connectivity index is 1.95. The zero-order valence-corrected chi connectivity index (χ0v) is 15.8. The number of amides is 1. The van der Waals surface area contributed by atoms with Gasteiger partial charge in [0.15, 0.2) is 5.96 Å². The zero-order chi connectivity index (χ0) is 18.2. The Bertz CT molecular complexity index is 721. The zero-order valence-electron chi connectivity index (χ0n) is 15.0. The molecule has 0 aliphatic carbocycles. The molecular weight excluding hydrogens is 332 g/mol. The molecule has 0 fully saturated rings. The van der Waals surface area contributed by atoms with Gasteiger partial charge in [-0.15, -0.1) is 11.3 Å². The van der Waals surface area contributed by atoms with E-state index in [-0.39, 0.29) is 6.04 Å². The predicted octanol–water partition coefficient (Wildman–Crippen LogP) is 2.84. The molecule has 0 bridgehead atoms. The Kier molecular flexibility index (Phi) is 7.01. The lowest BCUT2D eigenvalue weighted by molar-refractivity contribution is 0.100. The van der Waals surface area contributed by atoms with Crippen LogP contribution in [0.25, 0.3) is 0 Å². The molecule has 134 valence electrons. The Hall–Kier alpha value is -2.34. The Labute approximate surface area is 153 Å². The van der Waals surface area contributed by atoms with E-state index in [1.807, 2.05) is 30.4 Å². The second-order valence-electron chi connectivity index (χ2n) is 6.02. The molecule has 5 nitrogen and oxygen atoms in total. The van der Waals surface area contributed by atoms with Crippen molar-refractivity contribution in [2.45, 2.75) is 39.8 Å². The number of nitrogens with zero attached hydrogens (tertiary/aromatic N) is 1. The summed E-state index contributed by atoms with van der Waals surface area (Å²) in [6.07, 6.45) is 0.968. The van der Waals surface area contributed by atoms with Crippen LogP contribution >= 0.6 is 11.3 Å². The van der Waals surface area contributed by atoms with Gasteiger partial charge >= 0.3 is 0 Å². The van der Waals surface area contributed by atoms with Crippen LogP contribution in [0, 0.1) is 6.92 Å². The smallest absolute Gasteiger partial charge is 0.248 e. The first-order chi connectivity index (χ1) is 12.0. The average molecular weight is 359 g/mol. The number of carbonyl (C=O) groups is 1. The highest BCUT2D eigenvalue weighted by atomic mass is 32.1. The van der Waals surface area contributed by atoms with Crippen molar-refractivity contribution in [2.75, 3.05) is 6.54 Å². The van der Waals surface area contributed by atoms with E-state index in [9.17, 15) is 4.79 Å². The minimum atomic E-state index is -0.414. The molecule has 25 heavy (non-hydrogen) atoms. The van der Waals surface area contributed by atoms with E-state index in [1.54, 1.807) is 12.1 Å². The summed E-state index contributed by atoms with van der Waals surface area (Å²) >= 11 is 1.83. The van der Waals surface area contributed by atoms with Crippen molar-refractivity contribution in [3.05, 3.63) is 57.3 Å². The van der Waals surface area contributed by atoms with Crippen LogP contribution in [0.1, 0.15) is 39.5 Å². The summed E-state index contributed by atoms with van der Waals surface area (Å²) in [7, 11) is 0. The van der Waals surface area contributed by atoms with Crippen molar-refractivity contribution in [1.82, 2.24) is 10.6 Å². The van der Waals surface area contributed by atoms with Gasteiger partial charge in [0.05, 0.1) is 6.54 Å². The van der Waals surface area contributed by atoms with E-state index in [4.69, 9.17) is 5.73 Å². The van der Waals surface area contributed by atoms with E-state index in [1.165, 1.54) is 9.75 Å². The van der Waals surface area contributed by atoms with Crippen LogP contribution < -0.4 is 16.4 Å². The van der Waals surface area contributed by atoms with Crippen molar-refractivity contribution in [3.8, 4) is 0 Å². The first kappa shape index (κ1) is 19.0. The van der Waals surface area contributed by atoms with Gasteiger partial charge in [-0.05, 0) is 50.6 Å². The topological polar surface area (TPSA) is 79.5 Å². The maximum atomic E-state index is 11.1. The van der Waals surface area contributed by atoms with Crippen LogP contribution in [0.2, 0.25) is 0 Å². The van der Waals surface area contributed by atoms with Crippen molar-refractivity contribution in [2.24, 2.45) is 10.7 Å². The fourth-order valence-corrected chi connectivity index (χ4v) is 3.46. The Morgan fingerprint density at radius 2 is 1.96 bits per heavy atom. The number of thiophene rings is 1. The third-order valence-electron chi connectivity index (χ3n) is 3.69. The number of primary amides is 1. The molecule has 0 spiro atoms. The number of carbonyl (C=O) groups excluding carboxylic acids is 1. The maximum absolute atomic E-state index is 11.1. The van der Waals surface area contributed by atoms with Crippen LogP contribution in [-0.2, 0) is 13.0 Å². The molecule has 1 aromatic carbocycles. The first-order valence-corrected chi connectivity index (χ1v) is 9.28. The summed E-state index contributed by atoms with van der Waals surface area (Å²) in [5, 5.41) is 6.72. The van der Waals surface area contributed by atoms with Gasteiger partial charge < -0.3 is 16.4 Å². The highest BCUT2D eigenvalue weighted by molar-refractivity contribution is 7.11. The van der Waals surface area contributed by atoms with Crippen LogP contribution in [0.5, 0.6) is 0 Å². The molecule has 4 N–H and O–H groups in total. The fourth-order valence-electron chi connectivity index (χ4n) is 2.45. The van der Waals surface area contributed by atoms with Crippen LogP contribution in [-0.4, -0.2) is 24.5 Å². The number of aliphatic imine (C=N–C) groups is 1. The van der Waals surface area contributed by atoms with Crippen LogP contribution in [0.15, 0.2) is 41.4 Å². The number of hydrogen-bond acceptors (Lipinski definition) is 3. The molecular formula is C19H26N4OS. The molecule has 1 unspecified atom stereocenters. The SMILES string of the molecule is CCNC(=NCc1ccc(C(N)=O)cc1)NC(C)Cc1ccc(C)s1. The molecule has 1 aromatic heterocycles. The van der Waals surface area contributed by atoms with E-state index in [0.29, 0.717) is 12.1 Å². The van der Waals surface area contributed by atoms with Gasteiger partial charge in [-0.3, -0.25) is 4.79 Å². The molecule has 0 aliphatic heterocycles. The predicted molar refractivity (Wildman–Crippen MR) is 105 cm³/mol. The molecule has 1 heterocycles. The van der Waals surface area contributed by atoms with Crippen molar-refractivity contribution >= 4 is 23.2 Å². The maximum Gasteiger partial charge on any atom is 0.248 e. The number of nitrogens with two attached hydrogens (primary N) is 1. The summed E-state index contributed by atoms with van der Waals surface area (Å²) in [6.45, 7) is 7.67. The number of nitrogens with one attached hydrogen (secondary N) is 2. The standard InChI is InChI=1S/C19H26N4OS/c1-4-21-19(23-13(2)11-17-10-5-14(3)25-17)22-12-15-6-8-16(9-7-15)18(20)24/h5-10,13H,4,11-12H2,1-3H3,(H2,20,24)(H2,21,22,23). The number of rotatable bonds is 7. The molecule has 1 atom stereocenters. The van der Waals surface area contributed by atoms with Crippen molar-refractivity contribution in [1.29, 1.82) is 0 Å². The van der Waals surface area contributed by atoms with E-state index >= 15 is 0 Å². The number of benzene rings is 1. The van der Waals surface area contributed by atoms with E-state index < -0.39 is 5.91 Å². The van der Waals surface area contributed by atoms with Crippen molar-refractivity contribution in [3.63, 3.8) is 0 Å². The van der Waals surface area contributed by atoms with Gasteiger partial charge in [-0.25, -0.2) is 4.99 Å². The van der Waals surface area contributed by atoms with Gasteiger partial charge in [0, 0.05) is 34.3 Å². The minimum Gasteiger partial charge on any atom is -0.366 e. The third kappa shape index (κ3) is 6.23. The molecule has 2 rings (SSSR count). The summed E-state index contributed by atoms with van der Waals surface area (Å²) in [6, 6.07) is 11.8. The lowest BCUT2D eigenvalue weighted by atomic mass is 10.1. The Morgan fingerprint density at radius 1 is 1.24 bits per heavy atom. The molecule has 0 aliphatic rings. The van der Waals surface area contributed by atoms with Gasteiger partial charge in [0.1, 0.15) is 0 Å². The molecule has 2 aromatic rings. The normalized spacial score (nSPS) is 12.7. The highest BCUT2D eigenvalue weighted by Gasteiger charge is 2.08. The number of guanidine groups is 1. The van der Waals surface area contributed by atoms with Crippen molar-refractivity contribution < 1.29 is 4.79 Å². The van der Waals surface area contributed by atoms with Gasteiger partial charge in [-0.1, -0.05) is 12.1 Å².